The Balaban J connectivity index is 1.53. The molecule has 1 aliphatic heterocycles. The number of hydrogen-bond acceptors (Lipinski definition) is 3. The summed E-state index contributed by atoms with van der Waals surface area (Å²) in [5.41, 5.74) is 0. The molecular formula is C17H27N3OS. The molecule has 1 saturated heterocycles. The third kappa shape index (κ3) is 4.97. The van der Waals surface area contributed by atoms with E-state index in [1.165, 1.54) is 50.0 Å². The van der Waals surface area contributed by atoms with Crippen LogP contribution >= 0.6 is 11.8 Å². The summed E-state index contributed by atoms with van der Waals surface area (Å²) in [7, 11) is 0. The summed E-state index contributed by atoms with van der Waals surface area (Å²) >= 11 is 2.05. The van der Waals surface area contributed by atoms with Crippen molar-refractivity contribution in [2.24, 2.45) is 4.99 Å². The fraction of sp³-hybridized carbons (Fsp3) is 0.706. The molecule has 2 fully saturated rings. The Morgan fingerprint density at radius 3 is 2.73 bits per heavy atom. The third-order valence-corrected chi connectivity index (χ3v) is 5.62. The van der Waals surface area contributed by atoms with Crippen molar-refractivity contribution >= 4 is 17.7 Å². The molecule has 1 saturated carbocycles. The van der Waals surface area contributed by atoms with Crippen LogP contribution in [0.25, 0.3) is 0 Å². The van der Waals surface area contributed by atoms with E-state index in [0.717, 1.165) is 24.7 Å². The Kier molecular flexibility index (Phi) is 6.11. The minimum absolute atomic E-state index is 0.565. The molecule has 1 aromatic heterocycles. The van der Waals surface area contributed by atoms with Crippen molar-refractivity contribution < 1.29 is 4.42 Å². The lowest BCUT2D eigenvalue weighted by Crippen LogP contribution is -2.48. The number of rotatable bonds is 5. The molecule has 2 aliphatic rings. The molecule has 0 spiro atoms. The zero-order valence-corrected chi connectivity index (χ0v) is 14.0. The van der Waals surface area contributed by atoms with E-state index in [0.29, 0.717) is 12.1 Å². The molecule has 22 heavy (non-hydrogen) atoms. The predicted molar refractivity (Wildman–Crippen MR) is 93.6 cm³/mol. The number of hydrogen-bond donors (Lipinski definition) is 2. The average molecular weight is 321 g/mol. The van der Waals surface area contributed by atoms with Crippen LogP contribution in [0.5, 0.6) is 0 Å². The number of guanidine groups is 1. The highest BCUT2D eigenvalue weighted by molar-refractivity contribution is 7.99. The number of nitrogens with zero attached hydrogens (tertiary/aromatic N) is 1. The van der Waals surface area contributed by atoms with Crippen LogP contribution in [0, 0.1) is 0 Å². The van der Waals surface area contributed by atoms with E-state index < -0.39 is 0 Å². The molecular weight excluding hydrogens is 294 g/mol. The summed E-state index contributed by atoms with van der Waals surface area (Å²) in [5.74, 6) is 4.52. The molecule has 0 amide bonds. The van der Waals surface area contributed by atoms with E-state index in [9.17, 15) is 0 Å². The zero-order chi connectivity index (χ0) is 15.0. The molecule has 0 bridgehead atoms. The summed E-state index contributed by atoms with van der Waals surface area (Å²) < 4.78 is 5.39. The van der Waals surface area contributed by atoms with Crippen molar-refractivity contribution in [1.82, 2.24) is 10.6 Å². The van der Waals surface area contributed by atoms with Crippen LogP contribution < -0.4 is 10.6 Å². The summed E-state index contributed by atoms with van der Waals surface area (Å²) in [5, 5.41) is 7.29. The molecule has 1 aliphatic carbocycles. The number of furan rings is 1. The van der Waals surface area contributed by atoms with E-state index in [1.807, 2.05) is 23.9 Å². The second-order valence-corrected chi connectivity index (χ2v) is 7.39. The quantitative estimate of drug-likeness (QED) is 0.646. The second-order valence-electron chi connectivity index (χ2n) is 6.24. The molecule has 5 heteroatoms. The molecule has 2 heterocycles. The van der Waals surface area contributed by atoms with Gasteiger partial charge >= 0.3 is 0 Å². The first-order chi connectivity index (χ1) is 10.9. The van der Waals surface area contributed by atoms with Gasteiger partial charge in [0.2, 0.25) is 0 Å². The Morgan fingerprint density at radius 2 is 2.00 bits per heavy atom. The van der Waals surface area contributed by atoms with Gasteiger partial charge in [-0.3, -0.25) is 4.99 Å². The summed E-state index contributed by atoms with van der Waals surface area (Å²) in [4.78, 5) is 4.78. The van der Waals surface area contributed by atoms with Gasteiger partial charge in [0.25, 0.3) is 0 Å². The van der Waals surface area contributed by atoms with Gasteiger partial charge in [0.15, 0.2) is 5.96 Å². The lowest BCUT2D eigenvalue weighted by atomic mass is 10.2. The normalized spacial score (nSPS) is 23.6. The SMILES string of the molecule is c1coc(CCN=C(NC2CCCC2)NC2CCCSC2)c1. The fourth-order valence-electron chi connectivity index (χ4n) is 3.18. The molecule has 4 nitrogen and oxygen atoms in total. The minimum Gasteiger partial charge on any atom is -0.469 e. The van der Waals surface area contributed by atoms with Crippen LogP contribution in [0.4, 0.5) is 0 Å². The molecule has 2 N–H and O–H groups in total. The first kappa shape index (κ1) is 15.8. The van der Waals surface area contributed by atoms with Crippen LogP contribution in [0.3, 0.4) is 0 Å². The topological polar surface area (TPSA) is 49.6 Å². The molecule has 1 unspecified atom stereocenters. The minimum atomic E-state index is 0.565. The molecule has 1 atom stereocenters. The van der Waals surface area contributed by atoms with Crippen LogP contribution in [-0.4, -0.2) is 36.1 Å². The largest absolute Gasteiger partial charge is 0.469 e. The van der Waals surface area contributed by atoms with Crippen molar-refractivity contribution in [1.29, 1.82) is 0 Å². The van der Waals surface area contributed by atoms with E-state index >= 15 is 0 Å². The van der Waals surface area contributed by atoms with Gasteiger partial charge in [-0.1, -0.05) is 12.8 Å². The molecule has 0 radical (unpaired) electrons. The summed E-state index contributed by atoms with van der Waals surface area (Å²) in [6, 6.07) is 5.13. The summed E-state index contributed by atoms with van der Waals surface area (Å²) in [6.07, 6.45) is 10.4. The highest BCUT2D eigenvalue weighted by Gasteiger charge is 2.19. The van der Waals surface area contributed by atoms with Crippen LogP contribution in [0.15, 0.2) is 27.8 Å². The predicted octanol–water partition coefficient (Wildman–Crippen LogP) is 3.20. The number of nitrogens with one attached hydrogen (secondary N) is 2. The van der Waals surface area contributed by atoms with Crippen LogP contribution in [0.1, 0.15) is 44.3 Å². The number of aliphatic imine (C=N–C) groups is 1. The maximum absolute atomic E-state index is 5.39. The van der Waals surface area contributed by atoms with Crippen LogP contribution in [-0.2, 0) is 6.42 Å². The van der Waals surface area contributed by atoms with Gasteiger partial charge in [0.1, 0.15) is 5.76 Å². The number of thioether (sulfide) groups is 1. The van der Waals surface area contributed by atoms with E-state index in [1.54, 1.807) is 6.26 Å². The lowest BCUT2D eigenvalue weighted by Gasteiger charge is -2.26. The molecule has 3 rings (SSSR count). The maximum atomic E-state index is 5.39. The third-order valence-electron chi connectivity index (χ3n) is 4.41. The molecule has 0 aromatic carbocycles. The van der Waals surface area contributed by atoms with Crippen molar-refractivity contribution in [2.75, 3.05) is 18.1 Å². The highest BCUT2D eigenvalue weighted by Crippen LogP contribution is 2.19. The van der Waals surface area contributed by atoms with Gasteiger partial charge in [0.05, 0.1) is 6.26 Å². The van der Waals surface area contributed by atoms with Gasteiger partial charge in [0, 0.05) is 30.8 Å². The van der Waals surface area contributed by atoms with Gasteiger partial charge in [-0.2, -0.15) is 11.8 Å². The van der Waals surface area contributed by atoms with E-state index in [-0.39, 0.29) is 0 Å². The molecule has 122 valence electrons. The van der Waals surface area contributed by atoms with Gasteiger partial charge in [-0.15, -0.1) is 0 Å². The van der Waals surface area contributed by atoms with Gasteiger partial charge < -0.3 is 15.1 Å². The van der Waals surface area contributed by atoms with Crippen molar-refractivity contribution in [3.05, 3.63) is 24.2 Å². The monoisotopic (exact) mass is 321 g/mol. The standard InChI is InChI=1S/C17H27N3OS/c1-2-6-14(5-1)19-17(20-15-7-4-12-22-13-15)18-10-9-16-8-3-11-21-16/h3,8,11,14-15H,1-2,4-7,9-10,12-13H2,(H2,18,19,20). The highest BCUT2D eigenvalue weighted by atomic mass is 32.2. The summed E-state index contributed by atoms with van der Waals surface area (Å²) in [6.45, 7) is 0.773. The smallest absolute Gasteiger partial charge is 0.191 e. The Morgan fingerprint density at radius 1 is 1.18 bits per heavy atom. The first-order valence-corrected chi connectivity index (χ1v) is 9.73. The van der Waals surface area contributed by atoms with Crippen molar-refractivity contribution in [3.63, 3.8) is 0 Å². The lowest BCUT2D eigenvalue weighted by molar-refractivity contribution is 0.509. The Hall–Kier alpha value is -1.10. The van der Waals surface area contributed by atoms with Crippen LogP contribution in [0.2, 0.25) is 0 Å². The second kappa shape index (κ2) is 8.51. The van der Waals surface area contributed by atoms with Crippen molar-refractivity contribution in [3.8, 4) is 0 Å². The van der Waals surface area contributed by atoms with E-state index in [4.69, 9.17) is 9.41 Å². The fourth-order valence-corrected chi connectivity index (χ4v) is 4.25. The van der Waals surface area contributed by atoms with E-state index in [2.05, 4.69) is 10.6 Å². The van der Waals surface area contributed by atoms with Gasteiger partial charge in [-0.05, 0) is 43.6 Å². The first-order valence-electron chi connectivity index (χ1n) is 8.58. The van der Waals surface area contributed by atoms with Gasteiger partial charge in [-0.25, -0.2) is 0 Å². The zero-order valence-electron chi connectivity index (χ0n) is 13.2. The Labute approximate surface area is 137 Å². The molecule has 1 aromatic rings. The maximum Gasteiger partial charge on any atom is 0.191 e. The Bertz CT molecular complexity index is 448. The average Bonchev–Trinajstić information content (AvgIpc) is 3.22. The van der Waals surface area contributed by atoms with Crippen molar-refractivity contribution in [2.45, 2.75) is 57.0 Å².